The van der Waals surface area contributed by atoms with E-state index in [4.69, 9.17) is 18.9 Å². The van der Waals surface area contributed by atoms with E-state index in [9.17, 15) is 19.5 Å². The summed E-state index contributed by atoms with van der Waals surface area (Å²) in [5.41, 5.74) is 0. The van der Waals surface area contributed by atoms with E-state index in [1.54, 1.807) is 0 Å². The largest absolute Gasteiger partial charge is 0.477 e. The molecule has 0 aliphatic rings. The van der Waals surface area contributed by atoms with Crippen molar-refractivity contribution in [2.75, 3.05) is 47.5 Å². The maximum Gasteiger partial charge on any atom is 0.361 e. The monoisotopic (exact) mass is 1070 g/mol. The first kappa shape index (κ1) is 73.0. The molecule has 0 aromatic rings. The quantitative estimate of drug-likeness (QED) is 0.0211. The molecule has 0 aliphatic carbocycles. The summed E-state index contributed by atoms with van der Waals surface area (Å²) < 4.78 is 22.8. The van der Waals surface area contributed by atoms with Gasteiger partial charge in [0.2, 0.25) is 0 Å². The van der Waals surface area contributed by atoms with Crippen LogP contribution in [0.3, 0.4) is 0 Å². The Hall–Kier alpha value is -4.05. The topological polar surface area (TPSA) is 108 Å². The van der Waals surface area contributed by atoms with Crippen LogP contribution in [0, 0.1) is 0 Å². The van der Waals surface area contributed by atoms with Gasteiger partial charge in [-0.1, -0.05) is 245 Å². The Bertz CT molecular complexity index is 1630. The van der Waals surface area contributed by atoms with Gasteiger partial charge < -0.3 is 28.5 Å². The number of hydrogen-bond acceptors (Lipinski definition) is 7. The van der Waals surface area contributed by atoms with E-state index in [2.05, 4.69) is 123 Å². The second kappa shape index (κ2) is 58.1. The maximum absolute atomic E-state index is 12.9. The third-order valence-corrected chi connectivity index (χ3v) is 13.0. The first-order valence-corrected chi connectivity index (χ1v) is 31.1. The van der Waals surface area contributed by atoms with Gasteiger partial charge in [0.1, 0.15) is 13.2 Å². The van der Waals surface area contributed by atoms with E-state index in [1.807, 2.05) is 21.1 Å². The van der Waals surface area contributed by atoms with E-state index in [-0.39, 0.29) is 38.6 Å². The zero-order valence-corrected chi connectivity index (χ0v) is 50.1. The van der Waals surface area contributed by atoms with Crippen molar-refractivity contribution in [3.8, 4) is 0 Å². The SMILES string of the molecule is CC/C=C\C/C=C\C/C=C\C/C=C\C/C=C\C/C=C\C/C=C\CCCC(=O)OC(COC(=O)CCCCCCCCCCCCCCCCCCC/C=C\C/C=C\CCCCCCC)COC(OCC[N+](C)(C)C)C(=O)O. The van der Waals surface area contributed by atoms with Crippen LogP contribution in [0.2, 0.25) is 0 Å². The van der Waals surface area contributed by atoms with E-state index in [0.29, 0.717) is 23.9 Å². The number of hydrogen-bond donors (Lipinski definition) is 1. The standard InChI is InChI=1S/C68H115NO8/c1-6-8-10-12-14-16-18-20-22-24-26-28-30-31-32-33-34-35-37-38-40-42-44-46-48-50-52-54-56-58-65(70)75-62-64(63-76-68(67(72)73)74-61-60-69(3,4)5)77-66(71)59-57-55-53-51-49-47-45-43-41-39-36-29-27-25-23-21-19-17-15-13-11-9-7-2/h9,11,15,17-18,20-21,23-24,26-27,29,39,41,45,47,51,53,64,68H,6-8,10,12-14,16,19,22,25,28,30-38,40,42-44,46,48-50,52,54-63H2,1-5H3/p+1/b11-9-,17-15-,20-18-,23-21-,26-24-,29-27-,41-39-,47-45-,53-51-. The molecule has 0 fully saturated rings. The van der Waals surface area contributed by atoms with Crippen LogP contribution < -0.4 is 0 Å². The Morgan fingerprint density at radius 1 is 0.403 bits per heavy atom. The van der Waals surface area contributed by atoms with Crippen LogP contribution in [0.15, 0.2) is 109 Å². The molecule has 0 aliphatic heterocycles. The van der Waals surface area contributed by atoms with Crippen LogP contribution in [-0.4, -0.2) is 87.4 Å². The Kier molecular flexibility index (Phi) is 55.1. The van der Waals surface area contributed by atoms with Crippen LogP contribution in [-0.2, 0) is 33.3 Å². The molecule has 2 atom stereocenters. The molecule has 440 valence electrons. The molecule has 2 unspecified atom stereocenters. The number of likely N-dealkylation sites (N-methyl/N-ethyl adjacent to an activating group) is 1. The number of ether oxygens (including phenoxy) is 4. The minimum atomic E-state index is -1.53. The summed E-state index contributed by atoms with van der Waals surface area (Å²) in [5.74, 6) is -2.09. The van der Waals surface area contributed by atoms with Crippen LogP contribution in [0.1, 0.15) is 245 Å². The molecule has 0 aromatic heterocycles. The zero-order valence-electron chi connectivity index (χ0n) is 50.1. The highest BCUT2D eigenvalue weighted by molar-refractivity contribution is 5.71. The van der Waals surface area contributed by atoms with Gasteiger partial charge in [-0.15, -0.1) is 0 Å². The molecule has 0 spiro atoms. The molecule has 0 bridgehead atoms. The second-order valence-corrected chi connectivity index (χ2v) is 21.6. The summed E-state index contributed by atoms with van der Waals surface area (Å²) in [5, 5.41) is 9.71. The molecule has 0 radical (unpaired) electrons. The molecule has 0 amide bonds. The fraction of sp³-hybridized carbons (Fsp3) is 0.691. The summed E-state index contributed by atoms with van der Waals surface area (Å²) in [6.07, 6.45) is 77.6. The minimum Gasteiger partial charge on any atom is -0.477 e. The van der Waals surface area contributed by atoms with E-state index >= 15 is 0 Å². The van der Waals surface area contributed by atoms with Crippen molar-refractivity contribution >= 4 is 17.9 Å². The number of carbonyl (C=O) groups excluding carboxylic acids is 2. The predicted molar refractivity (Wildman–Crippen MR) is 327 cm³/mol. The maximum atomic E-state index is 12.9. The highest BCUT2D eigenvalue weighted by Gasteiger charge is 2.25. The molecule has 0 saturated carbocycles. The van der Waals surface area contributed by atoms with Gasteiger partial charge in [-0.05, 0) is 96.3 Å². The van der Waals surface area contributed by atoms with Crippen molar-refractivity contribution in [1.82, 2.24) is 0 Å². The summed E-state index contributed by atoms with van der Waals surface area (Å²) >= 11 is 0. The zero-order chi connectivity index (χ0) is 56.2. The number of allylic oxidation sites excluding steroid dienone is 18. The Labute approximate surface area is 473 Å². The summed E-state index contributed by atoms with van der Waals surface area (Å²) in [4.78, 5) is 37.5. The van der Waals surface area contributed by atoms with Crippen molar-refractivity contribution in [2.24, 2.45) is 0 Å². The van der Waals surface area contributed by atoms with Gasteiger partial charge in [0.25, 0.3) is 6.29 Å². The van der Waals surface area contributed by atoms with Crippen molar-refractivity contribution in [3.63, 3.8) is 0 Å². The highest BCUT2D eigenvalue weighted by Crippen LogP contribution is 2.16. The third kappa shape index (κ3) is 59.5. The van der Waals surface area contributed by atoms with E-state index < -0.39 is 24.3 Å². The first-order chi connectivity index (χ1) is 37.6. The molecule has 77 heavy (non-hydrogen) atoms. The van der Waals surface area contributed by atoms with Crippen LogP contribution in [0.4, 0.5) is 0 Å². The molecular formula is C68H116NO8+. The molecule has 9 heteroatoms. The number of rotatable bonds is 56. The average molecular weight is 1080 g/mol. The number of quaternary nitrogens is 1. The fourth-order valence-electron chi connectivity index (χ4n) is 8.27. The van der Waals surface area contributed by atoms with Gasteiger partial charge in [-0.3, -0.25) is 9.59 Å². The van der Waals surface area contributed by atoms with Crippen molar-refractivity contribution in [2.45, 2.75) is 257 Å². The number of esters is 2. The minimum absolute atomic E-state index is 0.172. The number of nitrogens with zero attached hydrogens (tertiary/aromatic N) is 1. The smallest absolute Gasteiger partial charge is 0.361 e. The van der Waals surface area contributed by atoms with Crippen LogP contribution in [0.5, 0.6) is 0 Å². The van der Waals surface area contributed by atoms with Gasteiger partial charge in [0.15, 0.2) is 6.10 Å². The van der Waals surface area contributed by atoms with Crippen LogP contribution in [0.25, 0.3) is 0 Å². The fourth-order valence-corrected chi connectivity index (χ4v) is 8.27. The lowest BCUT2D eigenvalue weighted by atomic mass is 10.0. The Morgan fingerprint density at radius 3 is 1.14 bits per heavy atom. The van der Waals surface area contributed by atoms with Crippen molar-refractivity contribution in [1.29, 1.82) is 0 Å². The molecular weight excluding hydrogens is 959 g/mol. The number of carboxylic acid groups (broad SMARTS) is 1. The molecule has 0 saturated heterocycles. The van der Waals surface area contributed by atoms with Gasteiger partial charge in [0, 0.05) is 12.8 Å². The number of unbranched alkanes of at least 4 members (excludes halogenated alkanes) is 23. The van der Waals surface area contributed by atoms with Crippen molar-refractivity contribution in [3.05, 3.63) is 109 Å². The van der Waals surface area contributed by atoms with Gasteiger partial charge in [-0.25, -0.2) is 4.79 Å². The van der Waals surface area contributed by atoms with Crippen molar-refractivity contribution < 1.29 is 42.9 Å². The van der Waals surface area contributed by atoms with Gasteiger partial charge in [-0.2, -0.15) is 0 Å². The van der Waals surface area contributed by atoms with E-state index in [0.717, 1.165) is 70.6 Å². The molecule has 9 nitrogen and oxygen atoms in total. The lowest BCUT2D eigenvalue weighted by Crippen LogP contribution is -2.40. The molecule has 0 heterocycles. The summed E-state index contributed by atoms with van der Waals surface area (Å²) in [6, 6.07) is 0. The number of carboxylic acids is 1. The molecule has 0 rings (SSSR count). The second-order valence-electron chi connectivity index (χ2n) is 21.6. The van der Waals surface area contributed by atoms with Gasteiger partial charge in [0.05, 0.1) is 34.4 Å². The third-order valence-electron chi connectivity index (χ3n) is 13.0. The van der Waals surface area contributed by atoms with E-state index in [1.165, 1.54) is 135 Å². The normalized spacial score (nSPS) is 13.5. The summed E-state index contributed by atoms with van der Waals surface area (Å²) in [6.45, 7) is 4.69. The predicted octanol–water partition coefficient (Wildman–Crippen LogP) is 18.7. The summed E-state index contributed by atoms with van der Waals surface area (Å²) in [7, 11) is 5.95. The lowest BCUT2D eigenvalue weighted by Gasteiger charge is -2.25. The molecule has 0 aromatic carbocycles. The lowest BCUT2D eigenvalue weighted by molar-refractivity contribution is -0.870. The Morgan fingerprint density at radius 2 is 0.753 bits per heavy atom. The number of aliphatic carboxylic acids is 1. The molecule has 1 N–H and O–H groups in total. The first-order valence-electron chi connectivity index (χ1n) is 31.1. The van der Waals surface area contributed by atoms with Gasteiger partial charge >= 0.3 is 17.9 Å². The Balaban J connectivity index is 4.27. The van der Waals surface area contributed by atoms with Crippen LogP contribution >= 0.6 is 0 Å². The average Bonchev–Trinajstić information content (AvgIpc) is 3.40. The highest BCUT2D eigenvalue weighted by atomic mass is 16.7. The number of carbonyl (C=O) groups is 3.